The number of thioether (sulfide) groups is 1. The summed E-state index contributed by atoms with van der Waals surface area (Å²) >= 11 is 1.41. The number of nitrogens with zero attached hydrogens (tertiary/aromatic N) is 1. The lowest BCUT2D eigenvalue weighted by Crippen LogP contribution is -2.49. The largest absolute Gasteiger partial charge is 0.392 e. The normalized spacial score (nSPS) is 13.6. The van der Waals surface area contributed by atoms with E-state index in [1.165, 1.54) is 11.8 Å². The molecule has 4 nitrogen and oxygen atoms in total. The van der Waals surface area contributed by atoms with Crippen LogP contribution < -0.4 is 5.32 Å². The molecule has 1 aromatic rings. The maximum absolute atomic E-state index is 11.9. The average Bonchev–Trinajstić information content (AvgIpc) is 2.45. The zero-order chi connectivity index (χ0) is 15.2. The summed E-state index contributed by atoms with van der Waals surface area (Å²) in [6, 6.07) is 9.55. The number of nitriles is 1. The van der Waals surface area contributed by atoms with E-state index in [9.17, 15) is 4.79 Å². The van der Waals surface area contributed by atoms with Crippen LogP contribution in [-0.4, -0.2) is 22.3 Å². The topological polar surface area (TPSA) is 73.1 Å². The van der Waals surface area contributed by atoms with Gasteiger partial charge in [-0.05, 0) is 30.5 Å². The quantitative estimate of drug-likeness (QED) is 0.789. The number of aliphatic hydroxyl groups is 1. The summed E-state index contributed by atoms with van der Waals surface area (Å²) in [5.74, 6) is 0.159. The van der Waals surface area contributed by atoms with Crippen LogP contribution in [-0.2, 0) is 11.4 Å². The molecule has 1 amide bonds. The second-order valence-corrected chi connectivity index (χ2v) is 6.16. The fourth-order valence-electron chi connectivity index (χ4n) is 1.47. The highest BCUT2D eigenvalue weighted by Gasteiger charge is 2.29. The van der Waals surface area contributed by atoms with E-state index in [0.29, 0.717) is 0 Å². The molecule has 0 aromatic heterocycles. The van der Waals surface area contributed by atoms with Gasteiger partial charge in [0.25, 0.3) is 0 Å². The summed E-state index contributed by atoms with van der Waals surface area (Å²) in [6.07, 6.45) is 0. The second kappa shape index (κ2) is 7.32. The molecule has 0 spiro atoms. The Kier molecular flexibility index (Phi) is 6.05. The Bertz CT molecular complexity index is 494. The molecular formula is C15H20N2O2S. The van der Waals surface area contributed by atoms with Crippen molar-refractivity contribution >= 4 is 17.7 Å². The molecule has 1 aromatic carbocycles. The molecule has 0 heterocycles. The van der Waals surface area contributed by atoms with Gasteiger partial charge in [0.1, 0.15) is 5.54 Å². The van der Waals surface area contributed by atoms with Gasteiger partial charge in [-0.3, -0.25) is 4.79 Å². The Morgan fingerprint density at radius 2 is 2.05 bits per heavy atom. The maximum atomic E-state index is 11.9. The van der Waals surface area contributed by atoms with Crippen molar-refractivity contribution in [3.63, 3.8) is 0 Å². The number of carbonyl (C=O) groups is 1. The summed E-state index contributed by atoms with van der Waals surface area (Å²) in [7, 11) is 0. The molecular weight excluding hydrogens is 272 g/mol. The highest BCUT2D eigenvalue weighted by molar-refractivity contribution is 8.00. The number of hydrogen-bond acceptors (Lipinski definition) is 4. The Hall–Kier alpha value is -1.51. The molecule has 0 aliphatic rings. The first-order valence-corrected chi connectivity index (χ1v) is 7.44. The number of amides is 1. The first-order valence-electron chi connectivity index (χ1n) is 6.46. The molecule has 108 valence electrons. The molecule has 0 radical (unpaired) electrons. The van der Waals surface area contributed by atoms with E-state index in [1.54, 1.807) is 6.92 Å². The summed E-state index contributed by atoms with van der Waals surface area (Å²) in [5, 5.41) is 20.9. The van der Waals surface area contributed by atoms with E-state index >= 15 is 0 Å². The van der Waals surface area contributed by atoms with E-state index in [1.807, 2.05) is 38.1 Å². The Morgan fingerprint density at radius 3 is 2.50 bits per heavy atom. The van der Waals surface area contributed by atoms with Gasteiger partial charge in [-0.15, -0.1) is 11.8 Å². The summed E-state index contributed by atoms with van der Waals surface area (Å²) in [4.78, 5) is 12.9. The van der Waals surface area contributed by atoms with Gasteiger partial charge >= 0.3 is 0 Å². The van der Waals surface area contributed by atoms with Crippen LogP contribution in [0.2, 0.25) is 0 Å². The van der Waals surface area contributed by atoms with Gasteiger partial charge in [0, 0.05) is 4.90 Å². The number of carbonyl (C=O) groups excluding carboxylic acids is 1. The molecule has 0 fully saturated rings. The van der Waals surface area contributed by atoms with Crippen LogP contribution in [0.3, 0.4) is 0 Å². The number of aliphatic hydroxyl groups excluding tert-OH is 1. The smallest absolute Gasteiger partial charge is 0.231 e. The van der Waals surface area contributed by atoms with E-state index in [0.717, 1.165) is 10.5 Å². The van der Waals surface area contributed by atoms with Gasteiger partial charge < -0.3 is 10.4 Å². The number of hydrogen-bond donors (Lipinski definition) is 2. The van der Waals surface area contributed by atoms with Crippen LogP contribution in [0, 0.1) is 17.2 Å². The predicted molar refractivity (Wildman–Crippen MR) is 80.1 cm³/mol. The van der Waals surface area contributed by atoms with Crippen molar-refractivity contribution in [2.24, 2.45) is 5.92 Å². The van der Waals surface area contributed by atoms with Crippen molar-refractivity contribution in [2.75, 3.05) is 5.75 Å². The lowest BCUT2D eigenvalue weighted by Gasteiger charge is -2.27. The molecule has 1 rings (SSSR count). The van der Waals surface area contributed by atoms with Crippen LogP contribution in [0.15, 0.2) is 29.2 Å². The molecule has 0 aliphatic carbocycles. The van der Waals surface area contributed by atoms with Crippen molar-refractivity contribution in [3.8, 4) is 6.07 Å². The van der Waals surface area contributed by atoms with E-state index in [4.69, 9.17) is 10.4 Å². The van der Waals surface area contributed by atoms with Crippen molar-refractivity contribution < 1.29 is 9.90 Å². The number of benzene rings is 1. The minimum Gasteiger partial charge on any atom is -0.392 e. The summed E-state index contributed by atoms with van der Waals surface area (Å²) < 4.78 is 0. The highest BCUT2D eigenvalue weighted by Crippen LogP contribution is 2.20. The molecule has 0 aliphatic heterocycles. The Morgan fingerprint density at radius 1 is 1.45 bits per heavy atom. The number of nitrogens with one attached hydrogen (secondary N) is 1. The highest BCUT2D eigenvalue weighted by atomic mass is 32.2. The van der Waals surface area contributed by atoms with Gasteiger partial charge in [0.2, 0.25) is 5.91 Å². The van der Waals surface area contributed by atoms with Crippen LogP contribution in [0.1, 0.15) is 26.3 Å². The van der Waals surface area contributed by atoms with Crippen LogP contribution >= 0.6 is 11.8 Å². The summed E-state index contributed by atoms with van der Waals surface area (Å²) in [5.41, 5.74) is 0.00828. The fraction of sp³-hybridized carbons (Fsp3) is 0.467. The summed E-state index contributed by atoms with van der Waals surface area (Å²) in [6.45, 7) is 5.56. The Labute approximate surface area is 124 Å². The lowest BCUT2D eigenvalue weighted by atomic mass is 9.90. The van der Waals surface area contributed by atoms with Gasteiger partial charge in [0.05, 0.1) is 18.4 Å². The third kappa shape index (κ3) is 4.55. The molecule has 0 saturated heterocycles. The average molecular weight is 292 g/mol. The zero-order valence-corrected chi connectivity index (χ0v) is 12.8. The molecule has 1 unspecified atom stereocenters. The van der Waals surface area contributed by atoms with Crippen molar-refractivity contribution in [1.29, 1.82) is 5.26 Å². The van der Waals surface area contributed by atoms with Gasteiger partial charge in [-0.1, -0.05) is 26.0 Å². The van der Waals surface area contributed by atoms with Crippen LogP contribution in [0.4, 0.5) is 0 Å². The Balaban J connectivity index is 2.53. The molecule has 2 N–H and O–H groups in total. The number of rotatable bonds is 6. The van der Waals surface area contributed by atoms with Crippen molar-refractivity contribution in [3.05, 3.63) is 29.8 Å². The van der Waals surface area contributed by atoms with Gasteiger partial charge in [-0.2, -0.15) is 5.26 Å². The molecule has 20 heavy (non-hydrogen) atoms. The molecule has 0 saturated carbocycles. The van der Waals surface area contributed by atoms with Crippen LogP contribution in [0.5, 0.6) is 0 Å². The monoisotopic (exact) mass is 292 g/mol. The second-order valence-electron chi connectivity index (χ2n) is 5.11. The first kappa shape index (κ1) is 16.5. The van der Waals surface area contributed by atoms with Crippen LogP contribution in [0.25, 0.3) is 0 Å². The standard InChI is InChI=1S/C15H20N2O2S/c1-11(2)15(3,10-16)17-14(19)9-20-13-6-4-12(8-18)5-7-13/h4-7,11,18H,8-9H2,1-3H3,(H,17,19). The fourth-order valence-corrected chi connectivity index (χ4v) is 2.17. The lowest BCUT2D eigenvalue weighted by molar-refractivity contribution is -0.120. The minimum atomic E-state index is -0.835. The van der Waals surface area contributed by atoms with Crippen molar-refractivity contribution in [1.82, 2.24) is 5.32 Å². The minimum absolute atomic E-state index is 0.0142. The van der Waals surface area contributed by atoms with E-state index in [2.05, 4.69) is 11.4 Å². The van der Waals surface area contributed by atoms with E-state index < -0.39 is 5.54 Å². The van der Waals surface area contributed by atoms with Crippen molar-refractivity contribution in [2.45, 2.75) is 37.8 Å². The third-order valence-corrected chi connectivity index (χ3v) is 4.27. The maximum Gasteiger partial charge on any atom is 0.231 e. The zero-order valence-electron chi connectivity index (χ0n) is 12.0. The predicted octanol–water partition coefficient (Wildman–Crippen LogP) is 2.33. The SMILES string of the molecule is CC(C)C(C)(C#N)NC(=O)CSc1ccc(CO)cc1. The molecule has 5 heteroatoms. The molecule has 0 bridgehead atoms. The van der Waals surface area contributed by atoms with Gasteiger partial charge in [-0.25, -0.2) is 0 Å². The molecule has 1 atom stereocenters. The third-order valence-electron chi connectivity index (χ3n) is 3.26. The first-order chi connectivity index (χ1) is 9.41. The van der Waals surface area contributed by atoms with E-state index in [-0.39, 0.29) is 24.2 Å². The van der Waals surface area contributed by atoms with Gasteiger partial charge in [0.15, 0.2) is 0 Å².